The third-order valence-corrected chi connectivity index (χ3v) is 5.46. The Balaban J connectivity index is 1.82. The summed E-state index contributed by atoms with van der Waals surface area (Å²) < 4.78 is 15.8. The molecule has 32 heavy (non-hydrogen) atoms. The molecule has 2 aromatic rings. The van der Waals surface area contributed by atoms with Crippen molar-refractivity contribution in [2.75, 3.05) is 26.9 Å². The number of carbonyl (C=O) groups excluding carboxylic acids is 2. The number of amides is 1. The summed E-state index contributed by atoms with van der Waals surface area (Å²) in [5.74, 6) is 0.359. The second-order valence-corrected chi connectivity index (χ2v) is 7.81. The molecule has 2 aromatic carbocycles. The molecule has 3 rings (SSSR count). The summed E-state index contributed by atoms with van der Waals surface area (Å²) in [4.78, 5) is 31.5. The highest BCUT2D eigenvalue weighted by Crippen LogP contribution is 2.36. The molecule has 0 spiro atoms. The first-order valence-electron chi connectivity index (χ1n) is 10.4. The minimum Gasteiger partial charge on any atom is -0.493 e. The number of aliphatic imine (C=N–C) groups is 1. The molecule has 8 heteroatoms. The zero-order valence-corrected chi connectivity index (χ0v) is 19.2. The fourth-order valence-electron chi connectivity index (χ4n) is 3.01. The molecule has 1 aliphatic rings. The molecule has 1 saturated heterocycles. The van der Waals surface area contributed by atoms with E-state index in [-0.39, 0.29) is 12.5 Å². The lowest BCUT2D eigenvalue weighted by molar-refractivity contribution is -0.145. The van der Waals surface area contributed by atoms with Gasteiger partial charge in [0, 0.05) is 6.54 Å². The number of para-hydroxylation sites is 1. The van der Waals surface area contributed by atoms with E-state index in [9.17, 15) is 9.59 Å². The van der Waals surface area contributed by atoms with E-state index in [1.54, 1.807) is 36.1 Å². The summed E-state index contributed by atoms with van der Waals surface area (Å²) in [6.07, 6.45) is 2.63. The summed E-state index contributed by atoms with van der Waals surface area (Å²) in [6, 6.07) is 14.8. The Morgan fingerprint density at radius 3 is 2.59 bits per heavy atom. The predicted molar refractivity (Wildman–Crippen MR) is 126 cm³/mol. The van der Waals surface area contributed by atoms with Gasteiger partial charge in [0.25, 0.3) is 5.91 Å². The van der Waals surface area contributed by atoms with E-state index in [4.69, 9.17) is 14.2 Å². The van der Waals surface area contributed by atoms with Gasteiger partial charge in [0.05, 0.1) is 24.3 Å². The maximum absolute atomic E-state index is 13.0. The summed E-state index contributed by atoms with van der Waals surface area (Å²) >= 11 is 1.35. The van der Waals surface area contributed by atoms with E-state index < -0.39 is 5.97 Å². The standard InChI is InChI=1S/C24H26N2O5S/c1-4-13-26-23(28)21(32-24(26)25-18-9-7-6-8-10-18)15-17-11-12-19(20(14-17)29-3)31-16-22(27)30-5-2/h6-12,14-15H,4-5,13,16H2,1-3H3/b21-15-,25-24?. The van der Waals surface area contributed by atoms with Gasteiger partial charge in [-0.25, -0.2) is 9.79 Å². The molecule has 1 amide bonds. The first kappa shape index (κ1) is 23.4. The average molecular weight is 455 g/mol. The lowest BCUT2D eigenvalue weighted by atomic mass is 10.2. The van der Waals surface area contributed by atoms with E-state index >= 15 is 0 Å². The Hall–Kier alpha value is -3.26. The molecule has 0 radical (unpaired) electrons. The van der Waals surface area contributed by atoms with E-state index in [0.29, 0.717) is 34.7 Å². The van der Waals surface area contributed by atoms with Crippen LogP contribution in [0.5, 0.6) is 11.5 Å². The van der Waals surface area contributed by atoms with Crippen LogP contribution in [-0.2, 0) is 14.3 Å². The van der Waals surface area contributed by atoms with Crippen LogP contribution in [0, 0.1) is 0 Å². The van der Waals surface area contributed by atoms with Crippen LogP contribution in [0.2, 0.25) is 0 Å². The molecule has 0 aromatic heterocycles. The number of hydrogen-bond donors (Lipinski definition) is 0. The Kier molecular flexibility index (Phi) is 8.33. The maximum atomic E-state index is 13.0. The van der Waals surface area contributed by atoms with Crippen molar-refractivity contribution >= 4 is 40.6 Å². The molecular weight excluding hydrogens is 428 g/mol. The van der Waals surface area contributed by atoms with Gasteiger partial charge >= 0.3 is 5.97 Å². The molecule has 0 bridgehead atoms. The van der Waals surface area contributed by atoms with Crippen LogP contribution in [0.15, 0.2) is 58.4 Å². The number of carbonyl (C=O) groups is 2. The highest BCUT2D eigenvalue weighted by atomic mass is 32.2. The lowest BCUT2D eigenvalue weighted by Gasteiger charge is -2.13. The molecule has 1 heterocycles. The number of esters is 1. The summed E-state index contributed by atoms with van der Waals surface area (Å²) in [6.45, 7) is 4.45. The third kappa shape index (κ3) is 5.91. The first-order valence-corrected chi connectivity index (χ1v) is 11.2. The van der Waals surface area contributed by atoms with Crippen molar-refractivity contribution in [1.82, 2.24) is 4.90 Å². The summed E-state index contributed by atoms with van der Waals surface area (Å²) in [5, 5.41) is 0.663. The summed E-state index contributed by atoms with van der Waals surface area (Å²) in [5.41, 5.74) is 1.58. The van der Waals surface area contributed by atoms with Crippen molar-refractivity contribution in [2.24, 2.45) is 4.99 Å². The fraction of sp³-hybridized carbons (Fsp3) is 0.292. The normalized spacial score (nSPS) is 16.0. The van der Waals surface area contributed by atoms with E-state index in [1.807, 2.05) is 37.3 Å². The van der Waals surface area contributed by atoms with Gasteiger partial charge in [0.1, 0.15) is 0 Å². The highest BCUT2D eigenvalue weighted by Gasteiger charge is 2.32. The van der Waals surface area contributed by atoms with Crippen LogP contribution in [-0.4, -0.2) is 48.8 Å². The van der Waals surface area contributed by atoms with E-state index in [1.165, 1.54) is 18.9 Å². The maximum Gasteiger partial charge on any atom is 0.344 e. The van der Waals surface area contributed by atoms with Crippen molar-refractivity contribution in [2.45, 2.75) is 20.3 Å². The largest absolute Gasteiger partial charge is 0.493 e. The number of thioether (sulfide) groups is 1. The van der Waals surface area contributed by atoms with Gasteiger partial charge < -0.3 is 14.2 Å². The van der Waals surface area contributed by atoms with Crippen molar-refractivity contribution in [3.05, 3.63) is 59.0 Å². The highest BCUT2D eigenvalue weighted by molar-refractivity contribution is 8.18. The van der Waals surface area contributed by atoms with Crippen molar-refractivity contribution in [3.8, 4) is 11.5 Å². The summed E-state index contributed by atoms with van der Waals surface area (Å²) in [7, 11) is 1.52. The van der Waals surface area contributed by atoms with Crippen LogP contribution >= 0.6 is 11.8 Å². The molecule has 0 N–H and O–H groups in total. The number of amidine groups is 1. The quantitative estimate of drug-likeness (QED) is 0.405. The zero-order valence-electron chi connectivity index (χ0n) is 18.4. The number of hydrogen-bond acceptors (Lipinski definition) is 7. The number of nitrogens with zero attached hydrogens (tertiary/aromatic N) is 2. The molecule has 1 aliphatic heterocycles. The minimum atomic E-state index is -0.449. The molecule has 0 atom stereocenters. The Morgan fingerprint density at radius 2 is 1.91 bits per heavy atom. The molecule has 7 nitrogen and oxygen atoms in total. The second-order valence-electron chi connectivity index (χ2n) is 6.80. The Labute approximate surface area is 192 Å². The Bertz CT molecular complexity index is 1020. The van der Waals surface area contributed by atoms with Gasteiger partial charge in [-0.05, 0) is 61.0 Å². The van der Waals surface area contributed by atoms with E-state index in [0.717, 1.165) is 17.7 Å². The SMILES string of the molecule is CCCN1C(=O)/C(=C/c2ccc(OCC(=O)OCC)c(OC)c2)SC1=Nc1ccccc1. The van der Waals surface area contributed by atoms with Crippen LogP contribution in [0.4, 0.5) is 5.69 Å². The van der Waals surface area contributed by atoms with Crippen LogP contribution < -0.4 is 9.47 Å². The topological polar surface area (TPSA) is 77.4 Å². The number of rotatable bonds is 9. The van der Waals surface area contributed by atoms with Gasteiger partial charge in [-0.2, -0.15) is 0 Å². The molecule has 1 fully saturated rings. The van der Waals surface area contributed by atoms with Crippen molar-refractivity contribution < 1.29 is 23.8 Å². The molecule has 0 aliphatic carbocycles. The number of benzene rings is 2. The van der Waals surface area contributed by atoms with Gasteiger partial charge in [-0.1, -0.05) is 31.2 Å². The average Bonchev–Trinajstić information content (AvgIpc) is 3.08. The van der Waals surface area contributed by atoms with Crippen molar-refractivity contribution in [1.29, 1.82) is 0 Å². The van der Waals surface area contributed by atoms with Crippen molar-refractivity contribution in [3.63, 3.8) is 0 Å². The predicted octanol–water partition coefficient (Wildman–Crippen LogP) is 4.65. The van der Waals surface area contributed by atoms with Gasteiger partial charge in [0.2, 0.25) is 0 Å². The molecular formula is C24H26N2O5S. The van der Waals surface area contributed by atoms with Crippen LogP contribution in [0.3, 0.4) is 0 Å². The third-order valence-electron chi connectivity index (χ3n) is 4.45. The van der Waals surface area contributed by atoms with Gasteiger partial charge in [-0.3, -0.25) is 9.69 Å². The van der Waals surface area contributed by atoms with Crippen LogP contribution in [0.25, 0.3) is 6.08 Å². The molecule has 0 unspecified atom stereocenters. The minimum absolute atomic E-state index is 0.0758. The lowest BCUT2D eigenvalue weighted by Crippen LogP contribution is -2.29. The number of ether oxygens (including phenoxy) is 3. The smallest absolute Gasteiger partial charge is 0.344 e. The van der Waals surface area contributed by atoms with E-state index in [2.05, 4.69) is 4.99 Å². The first-order chi connectivity index (χ1) is 15.5. The number of methoxy groups -OCH3 is 1. The Morgan fingerprint density at radius 1 is 1.12 bits per heavy atom. The van der Waals surface area contributed by atoms with Crippen LogP contribution in [0.1, 0.15) is 25.8 Å². The van der Waals surface area contributed by atoms with Gasteiger partial charge in [0.15, 0.2) is 23.3 Å². The second kappa shape index (κ2) is 11.4. The molecule has 0 saturated carbocycles. The molecule has 168 valence electrons. The van der Waals surface area contributed by atoms with Gasteiger partial charge in [-0.15, -0.1) is 0 Å². The monoisotopic (exact) mass is 454 g/mol. The fourth-order valence-corrected chi connectivity index (χ4v) is 4.03. The zero-order chi connectivity index (χ0) is 22.9.